The molecule has 110 valence electrons. The standard InChI is InChI=1S/C12H14F2N2O3S/c13-9-3-4-10(11(14)12(9)15)20(17,18)16-5-7-1-2-8(6-16)19-7/h3-4,7-8H,1-2,5-6,15H2. The maximum absolute atomic E-state index is 13.9. The fourth-order valence-corrected chi connectivity index (χ4v) is 4.24. The zero-order chi connectivity index (χ0) is 14.5. The van der Waals surface area contributed by atoms with E-state index < -0.39 is 32.2 Å². The van der Waals surface area contributed by atoms with Gasteiger partial charge in [0.15, 0.2) is 5.82 Å². The number of fused-ring (bicyclic) bond motifs is 2. The second-order valence-corrected chi connectivity index (χ2v) is 6.96. The third kappa shape index (κ3) is 2.07. The first-order chi connectivity index (χ1) is 9.39. The number of hydrogen-bond donors (Lipinski definition) is 1. The number of hydrogen-bond acceptors (Lipinski definition) is 4. The number of sulfonamides is 1. The topological polar surface area (TPSA) is 72.6 Å². The Balaban J connectivity index is 1.98. The van der Waals surface area contributed by atoms with E-state index in [1.807, 2.05) is 0 Å². The number of rotatable bonds is 2. The van der Waals surface area contributed by atoms with Crippen molar-refractivity contribution in [2.45, 2.75) is 29.9 Å². The molecule has 2 heterocycles. The van der Waals surface area contributed by atoms with Crippen LogP contribution < -0.4 is 5.73 Å². The Bertz CT molecular complexity index is 638. The van der Waals surface area contributed by atoms with Gasteiger partial charge in [-0.15, -0.1) is 0 Å². The Morgan fingerprint density at radius 1 is 1.20 bits per heavy atom. The van der Waals surface area contributed by atoms with Crippen molar-refractivity contribution in [2.75, 3.05) is 18.8 Å². The van der Waals surface area contributed by atoms with Crippen LogP contribution in [0.5, 0.6) is 0 Å². The van der Waals surface area contributed by atoms with E-state index in [0.717, 1.165) is 25.0 Å². The van der Waals surface area contributed by atoms with Crippen molar-refractivity contribution >= 4 is 15.7 Å². The number of nitrogen functional groups attached to an aromatic ring is 1. The van der Waals surface area contributed by atoms with E-state index in [9.17, 15) is 17.2 Å². The summed E-state index contributed by atoms with van der Waals surface area (Å²) in [4.78, 5) is -0.585. The lowest BCUT2D eigenvalue weighted by Crippen LogP contribution is -2.45. The molecular weight excluding hydrogens is 290 g/mol. The molecule has 1 aromatic rings. The van der Waals surface area contributed by atoms with Crippen LogP contribution >= 0.6 is 0 Å². The van der Waals surface area contributed by atoms with Gasteiger partial charge < -0.3 is 10.5 Å². The molecule has 2 aliphatic rings. The highest BCUT2D eigenvalue weighted by molar-refractivity contribution is 7.89. The van der Waals surface area contributed by atoms with Crippen LogP contribution in [0.15, 0.2) is 17.0 Å². The first kappa shape index (κ1) is 13.7. The molecule has 3 rings (SSSR count). The molecule has 2 saturated heterocycles. The van der Waals surface area contributed by atoms with Gasteiger partial charge in [-0.3, -0.25) is 0 Å². The molecule has 0 radical (unpaired) electrons. The van der Waals surface area contributed by atoms with Crippen molar-refractivity contribution in [3.63, 3.8) is 0 Å². The molecule has 2 aliphatic heterocycles. The third-order valence-electron chi connectivity index (χ3n) is 3.72. The van der Waals surface area contributed by atoms with E-state index >= 15 is 0 Å². The summed E-state index contributed by atoms with van der Waals surface area (Å²) in [6.07, 6.45) is 1.30. The Kier molecular flexibility index (Phi) is 3.19. The maximum atomic E-state index is 13.9. The summed E-state index contributed by atoms with van der Waals surface area (Å²) in [7, 11) is -4.03. The van der Waals surface area contributed by atoms with E-state index in [1.165, 1.54) is 4.31 Å². The second-order valence-electron chi connectivity index (χ2n) is 5.05. The maximum Gasteiger partial charge on any atom is 0.246 e. The number of anilines is 1. The zero-order valence-corrected chi connectivity index (χ0v) is 11.4. The smallest absolute Gasteiger partial charge is 0.246 e. The predicted octanol–water partition coefficient (Wildman–Crippen LogP) is 1.10. The van der Waals surface area contributed by atoms with E-state index in [1.54, 1.807) is 0 Å². The quantitative estimate of drug-likeness (QED) is 0.830. The van der Waals surface area contributed by atoms with E-state index in [2.05, 4.69) is 0 Å². The third-order valence-corrected chi connectivity index (χ3v) is 5.57. The van der Waals surface area contributed by atoms with Crippen LogP contribution in [0.25, 0.3) is 0 Å². The first-order valence-electron chi connectivity index (χ1n) is 6.28. The van der Waals surface area contributed by atoms with E-state index in [0.29, 0.717) is 0 Å². The number of ether oxygens (including phenoxy) is 1. The summed E-state index contributed by atoms with van der Waals surface area (Å²) >= 11 is 0. The summed E-state index contributed by atoms with van der Waals surface area (Å²) in [5.74, 6) is -2.20. The van der Waals surface area contributed by atoms with Crippen LogP contribution in [0, 0.1) is 11.6 Å². The van der Waals surface area contributed by atoms with Gasteiger partial charge in [0.1, 0.15) is 16.4 Å². The molecule has 1 aromatic carbocycles. The van der Waals surface area contributed by atoms with Gasteiger partial charge in [-0.2, -0.15) is 4.31 Å². The molecule has 0 amide bonds. The number of halogens is 2. The molecule has 8 heteroatoms. The summed E-state index contributed by atoms with van der Waals surface area (Å²) < 4.78 is 58.7. The fraction of sp³-hybridized carbons (Fsp3) is 0.500. The lowest BCUT2D eigenvalue weighted by molar-refractivity contribution is -0.0115. The van der Waals surface area contributed by atoms with Gasteiger partial charge in [0.2, 0.25) is 10.0 Å². The van der Waals surface area contributed by atoms with E-state index in [-0.39, 0.29) is 25.3 Å². The van der Waals surface area contributed by atoms with Crippen molar-refractivity contribution in [1.29, 1.82) is 0 Å². The average Bonchev–Trinajstić information content (AvgIpc) is 2.74. The number of morpholine rings is 1. The summed E-state index contributed by atoms with van der Waals surface area (Å²) in [6.45, 7) is 0.380. The van der Waals surface area contributed by atoms with Crippen molar-refractivity contribution in [2.24, 2.45) is 0 Å². The van der Waals surface area contributed by atoms with Crippen LogP contribution in [-0.4, -0.2) is 38.0 Å². The van der Waals surface area contributed by atoms with Gasteiger partial charge in [-0.25, -0.2) is 17.2 Å². The molecule has 2 N–H and O–H groups in total. The average molecular weight is 304 g/mol. The minimum absolute atomic E-state index is 0.149. The molecule has 5 nitrogen and oxygen atoms in total. The van der Waals surface area contributed by atoms with Crippen LogP contribution in [0.2, 0.25) is 0 Å². The highest BCUT2D eigenvalue weighted by atomic mass is 32.2. The Morgan fingerprint density at radius 3 is 2.40 bits per heavy atom. The highest BCUT2D eigenvalue weighted by Crippen LogP contribution is 2.32. The Labute approximate surface area is 115 Å². The van der Waals surface area contributed by atoms with Crippen molar-refractivity contribution in [1.82, 2.24) is 4.31 Å². The zero-order valence-electron chi connectivity index (χ0n) is 10.6. The lowest BCUT2D eigenvalue weighted by atomic mass is 10.2. The molecule has 0 aliphatic carbocycles. The second kappa shape index (κ2) is 4.64. The summed E-state index contributed by atoms with van der Waals surface area (Å²) in [5.41, 5.74) is 4.44. The molecule has 0 aromatic heterocycles. The predicted molar refractivity (Wildman–Crippen MR) is 67.4 cm³/mol. The van der Waals surface area contributed by atoms with Crippen LogP contribution in [0.3, 0.4) is 0 Å². The van der Waals surface area contributed by atoms with Crippen LogP contribution in [-0.2, 0) is 14.8 Å². The van der Waals surface area contributed by atoms with Crippen molar-refractivity contribution in [3.05, 3.63) is 23.8 Å². The molecule has 2 atom stereocenters. The molecule has 2 bridgehead atoms. The SMILES string of the molecule is Nc1c(F)ccc(S(=O)(=O)N2CC3CCC(C2)O3)c1F. The summed E-state index contributed by atoms with van der Waals surface area (Å²) in [6, 6.07) is 1.77. The van der Waals surface area contributed by atoms with E-state index in [4.69, 9.17) is 10.5 Å². The highest BCUT2D eigenvalue weighted by Gasteiger charge is 2.40. The molecule has 2 fully saturated rings. The first-order valence-corrected chi connectivity index (χ1v) is 7.72. The van der Waals surface area contributed by atoms with Gasteiger partial charge in [0, 0.05) is 13.1 Å². The molecule has 20 heavy (non-hydrogen) atoms. The number of nitrogens with zero attached hydrogens (tertiary/aromatic N) is 1. The van der Waals surface area contributed by atoms with Crippen LogP contribution in [0.1, 0.15) is 12.8 Å². The Morgan fingerprint density at radius 2 is 1.80 bits per heavy atom. The van der Waals surface area contributed by atoms with Crippen molar-refractivity contribution in [3.8, 4) is 0 Å². The molecular formula is C12H14F2N2O3S. The largest absolute Gasteiger partial charge is 0.394 e. The van der Waals surface area contributed by atoms with Crippen LogP contribution in [0.4, 0.5) is 14.5 Å². The van der Waals surface area contributed by atoms with Gasteiger partial charge in [-0.1, -0.05) is 0 Å². The Hall–Kier alpha value is -1.25. The number of benzene rings is 1. The lowest BCUT2D eigenvalue weighted by Gasteiger charge is -2.31. The van der Waals surface area contributed by atoms with Gasteiger partial charge in [0.05, 0.1) is 12.2 Å². The monoisotopic (exact) mass is 304 g/mol. The number of nitrogens with two attached hydrogens (primary N) is 1. The minimum Gasteiger partial charge on any atom is -0.394 e. The van der Waals surface area contributed by atoms with Gasteiger partial charge in [0.25, 0.3) is 0 Å². The summed E-state index contributed by atoms with van der Waals surface area (Å²) in [5, 5.41) is 0. The van der Waals surface area contributed by atoms with Gasteiger partial charge in [-0.05, 0) is 25.0 Å². The van der Waals surface area contributed by atoms with Gasteiger partial charge >= 0.3 is 0 Å². The molecule has 2 unspecified atom stereocenters. The minimum atomic E-state index is -4.03. The molecule has 0 spiro atoms. The molecule has 0 saturated carbocycles. The van der Waals surface area contributed by atoms with Crippen molar-refractivity contribution < 1.29 is 21.9 Å². The fourth-order valence-electron chi connectivity index (χ4n) is 2.66. The normalized spacial score (nSPS) is 26.9.